The predicted molar refractivity (Wildman–Crippen MR) is 80.1 cm³/mol. The van der Waals surface area contributed by atoms with E-state index in [0.717, 1.165) is 12.8 Å². The van der Waals surface area contributed by atoms with Crippen molar-refractivity contribution in [3.05, 3.63) is 35.4 Å². The van der Waals surface area contributed by atoms with Gasteiger partial charge in [-0.1, -0.05) is 51.5 Å². The van der Waals surface area contributed by atoms with Crippen LogP contribution in [0, 0.1) is 6.92 Å². The van der Waals surface area contributed by atoms with Crippen LogP contribution in [0.15, 0.2) is 24.3 Å². The van der Waals surface area contributed by atoms with Crippen LogP contribution in [-0.4, -0.2) is 18.5 Å². The second kappa shape index (κ2) is 6.71. The van der Waals surface area contributed by atoms with Crippen molar-refractivity contribution in [2.75, 3.05) is 6.54 Å². The smallest absolute Gasteiger partial charge is 0.236 e. The zero-order chi connectivity index (χ0) is 14.5. The topological polar surface area (TPSA) is 55.1 Å². The van der Waals surface area contributed by atoms with Crippen molar-refractivity contribution >= 4 is 5.91 Å². The molecule has 0 aliphatic carbocycles. The predicted octanol–water partition coefficient (Wildman–Crippen LogP) is 2.52. The minimum absolute atomic E-state index is 0.0523. The van der Waals surface area contributed by atoms with Crippen molar-refractivity contribution in [1.82, 2.24) is 5.32 Å². The Morgan fingerprint density at radius 2 is 2.00 bits per heavy atom. The molecule has 1 amide bonds. The third-order valence-corrected chi connectivity index (χ3v) is 3.52. The van der Waals surface area contributed by atoms with Crippen LogP contribution in [0.2, 0.25) is 0 Å². The molecule has 0 saturated heterocycles. The van der Waals surface area contributed by atoms with Gasteiger partial charge in [-0.15, -0.1) is 0 Å². The van der Waals surface area contributed by atoms with Gasteiger partial charge in [0.1, 0.15) is 0 Å². The molecule has 0 fully saturated rings. The summed E-state index contributed by atoms with van der Waals surface area (Å²) in [7, 11) is 0. The number of benzene rings is 1. The van der Waals surface area contributed by atoms with Gasteiger partial charge in [-0.05, 0) is 24.5 Å². The van der Waals surface area contributed by atoms with Crippen LogP contribution in [0.4, 0.5) is 0 Å². The highest BCUT2D eigenvalue weighted by atomic mass is 16.2. The van der Waals surface area contributed by atoms with Gasteiger partial charge in [-0.2, -0.15) is 0 Å². The Balaban J connectivity index is 2.66. The molecule has 1 rings (SSSR count). The molecule has 0 aliphatic rings. The molecule has 1 unspecified atom stereocenters. The highest BCUT2D eigenvalue weighted by Crippen LogP contribution is 2.25. The second-order valence-corrected chi connectivity index (χ2v) is 5.81. The summed E-state index contributed by atoms with van der Waals surface area (Å²) in [5, 5.41) is 2.97. The first kappa shape index (κ1) is 15.7. The van der Waals surface area contributed by atoms with Gasteiger partial charge in [0, 0.05) is 12.0 Å². The Labute approximate surface area is 116 Å². The molecule has 1 atom stereocenters. The standard InChI is InChI=1S/C16H26N2O/c1-5-8-14(17)15(19)18-11-16(3,4)13-10-7-6-9-12(13)2/h6-7,9-10,14H,5,8,11,17H2,1-4H3,(H,18,19). The van der Waals surface area contributed by atoms with E-state index in [1.165, 1.54) is 11.1 Å². The molecule has 106 valence electrons. The summed E-state index contributed by atoms with van der Waals surface area (Å²) in [6.07, 6.45) is 1.66. The fourth-order valence-electron chi connectivity index (χ4n) is 2.31. The molecule has 0 heterocycles. The second-order valence-electron chi connectivity index (χ2n) is 5.81. The van der Waals surface area contributed by atoms with Crippen LogP contribution in [0.5, 0.6) is 0 Å². The van der Waals surface area contributed by atoms with Gasteiger partial charge in [-0.25, -0.2) is 0 Å². The van der Waals surface area contributed by atoms with Crippen LogP contribution in [0.3, 0.4) is 0 Å². The maximum Gasteiger partial charge on any atom is 0.236 e. The molecule has 0 bridgehead atoms. The maximum absolute atomic E-state index is 11.9. The first-order chi connectivity index (χ1) is 8.88. The van der Waals surface area contributed by atoms with Gasteiger partial charge >= 0.3 is 0 Å². The van der Waals surface area contributed by atoms with Gasteiger partial charge in [0.2, 0.25) is 5.91 Å². The monoisotopic (exact) mass is 262 g/mol. The van der Waals surface area contributed by atoms with Crippen LogP contribution in [-0.2, 0) is 10.2 Å². The number of carbonyl (C=O) groups is 1. The molecule has 19 heavy (non-hydrogen) atoms. The molecule has 3 heteroatoms. The Bertz CT molecular complexity index is 427. The summed E-state index contributed by atoms with van der Waals surface area (Å²) in [4.78, 5) is 11.9. The van der Waals surface area contributed by atoms with Gasteiger partial charge < -0.3 is 11.1 Å². The van der Waals surface area contributed by atoms with E-state index in [1.807, 2.05) is 19.1 Å². The number of rotatable bonds is 6. The number of nitrogens with one attached hydrogen (secondary N) is 1. The van der Waals surface area contributed by atoms with Gasteiger partial charge in [-0.3, -0.25) is 4.79 Å². The molecule has 0 aromatic heterocycles. The van der Waals surface area contributed by atoms with E-state index in [-0.39, 0.29) is 11.3 Å². The average molecular weight is 262 g/mol. The molecule has 0 spiro atoms. The van der Waals surface area contributed by atoms with Gasteiger partial charge in [0.15, 0.2) is 0 Å². The van der Waals surface area contributed by atoms with E-state index in [9.17, 15) is 4.79 Å². The van der Waals surface area contributed by atoms with E-state index in [4.69, 9.17) is 5.73 Å². The van der Waals surface area contributed by atoms with Gasteiger partial charge in [0.25, 0.3) is 0 Å². The first-order valence-electron chi connectivity index (χ1n) is 6.98. The number of nitrogens with two attached hydrogens (primary N) is 1. The number of amides is 1. The molecule has 1 aromatic rings. The summed E-state index contributed by atoms with van der Waals surface area (Å²) >= 11 is 0. The van der Waals surface area contributed by atoms with Crippen molar-refractivity contribution in [1.29, 1.82) is 0 Å². The molecule has 0 radical (unpaired) electrons. The zero-order valence-corrected chi connectivity index (χ0v) is 12.5. The Morgan fingerprint density at radius 1 is 1.37 bits per heavy atom. The van der Waals surface area contributed by atoms with Crippen molar-refractivity contribution in [2.24, 2.45) is 5.73 Å². The molecular weight excluding hydrogens is 236 g/mol. The molecule has 3 nitrogen and oxygen atoms in total. The lowest BCUT2D eigenvalue weighted by molar-refractivity contribution is -0.122. The van der Waals surface area contributed by atoms with Crippen molar-refractivity contribution in [3.63, 3.8) is 0 Å². The van der Waals surface area contributed by atoms with E-state index < -0.39 is 6.04 Å². The molecule has 1 aromatic carbocycles. The van der Waals surface area contributed by atoms with E-state index in [0.29, 0.717) is 6.54 Å². The lowest BCUT2D eigenvalue weighted by Gasteiger charge is -2.28. The van der Waals surface area contributed by atoms with E-state index in [2.05, 4.69) is 38.2 Å². The maximum atomic E-state index is 11.9. The quantitative estimate of drug-likeness (QED) is 0.827. The fraction of sp³-hybridized carbons (Fsp3) is 0.562. The average Bonchev–Trinajstić information content (AvgIpc) is 2.36. The Morgan fingerprint density at radius 3 is 2.58 bits per heavy atom. The van der Waals surface area contributed by atoms with Crippen molar-refractivity contribution < 1.29 is 4.79 Å². The van der Waals surface area contributed by atoms with Crippen LogP contribution < -0.4 is 11.1 Å². The van der Waals surface area contributed by atoms with Crippen LogP contribution >= 0.6 is 0 Å². The molecule has 0 aliphatic heterocycles. The minimum atomic E-state index is -0.391. The number of hydrogen-bond acceptors (Lipinski definition) is 2. The molecule has 0 saturated carbocycles. The number of aryl methyl sites for hydroxylation is 1. The SMILES string of the molecule is CCCC(N)C(=O)NCC(C)(C)c1ccccc1C. The highest BCUT2D eigenvalue weighted by molar-refractivity contribution is 5.81. The Kier molecular flexibility index (Phi) is 5.55. The third kappa shape index (κ3) is 4.35. The lowest BCUT2D eigenvalue weighted by atomic mass is 9.82. The number of hydrogen-bond donors (Lipinski definition) is 2. The van der Waals surface area contributed by atoms with E-state index in [1.54, 1.807) is 0 Å². The first-order valence-corrected chi connectivity index (χ1v) is 6.98. The van der Waals surface area contributed by atoms with Crippen LogP contribution in [0.1, 0.15) is 44.7 Å². The zero-order valence-electron chi connectivity index (χ0n) is 12.5. The largest absolute Gasteiger partial charge is 0.354 e. The van der Waals surface area contributed by atoms with Crippen LogP contribution in [0.25, 0.3) is 0 Å². The fourth-order valence-corrected chi connectivity index (χ4v) is 2.31. The highest BCUT2D eigenvalue weighted by Gasteiger charge is 2.24. The number of carbonyl (C=O) groups excluding carboxylic acids is 1. The third-order valence-electron chi connectivity index (χ3n) is 3.52. The summed E-state index contributed by atoms with van der Waals surface area (Å²) in [5.74, 6) is -0.0523. The summed E-state index contributed by atoms with van der Waals surface area (Å²) in [6.45, 7) is 9.02. The summed E-state index contributed by atoms with van der Waals surface area (Å²) < 4.78 is 0. The summed E-state index contributed by atoms with van der Waals surface area (Å²) in [6, 6.07) is 7.90. The molecular formula is C16H26N2O. The normalized spacial score (nSPS) is 13.1. The molecule has 3 N–H and O–H groups in total. The van der Waals surface area contributed by atoms with Crippen molar-refractivity contribution in [3.8, 4) is 0 Å². The Hall–Kier alpha value is -1.35. The van der Waals surface area contributed by atoms with E-state index >= 15 is 0 Å². The van der Waals surface area contributed by atoms with Gasteiger partial charge in [0.05, 0.1) is 6.04 Å². The summed E-state index contributed by atoms with van der Waals surface area (Å²) in [5.41, 5.74) is 8.24. The van der Waals surface area contributed by atoms with Crippen molar-refractivity contribution in [2.45, 2.75) is 52.0 Å². The lowest BCUT2D eigenvalue weighted by Crippen LogP contribution is -2.45. The minimum Gasteiger partial charge on any atom is -0.354 e.